The summed E-state index contributed by atoms with van der Waals surface area (Å²) in [6, 6.07) is 4.70. The molecule has 1 atom stereocenters. The first kappa shape index (κ1) is 18.9. The van der Waals surface area contributed by atoms with Gasteiger partial charge in [0.25, 0.3) is 5.91 Å². The summed E-state index contributed by atoms with van der Waals surface area (Å²) in [6.45, 7) is 7.52. The molecule has 0 heterocycles. The largest absolute Gasteiger partial charge is 0.480 e. The monoisotopic (exact) mass is 317 g/mol. The molecule has 0 saturated carbocycles. The van der Waals surface area contributed by atoms with E-state index in [1.54, 1.807) is 12.1 Å². The van der Waals surface area contributed by atoms with E-state index < -0.39 is 12.0 Å². The molecule has 0 aliphatic rings. The molecule has 1 rings (SSSR count). The van der Waals surface area contributed by atoms with Gasteiger partial charge in [-0.05, 0) is 45.2 Å². The van der Waals surface area contributed by atoms with Crippen LogP contribution in [0.15, 0.2) is 30.9 Å². The highest BCUT2D eigenvalue weighted by molar-refractivity contribution is 5.96. The smallest absolute Gasteiger partial charge is 0.326 e. The third-order valence-corrected chi connectivity index (χ3v) is 3.74. The molecule has 4 nitrogen and oxygen atoms in total. The van der Waals surface area contributed by atoms with Crippen LogP contribution < -0.4 is 5.32 Å². The molecule has 0 aromatic heterocycles. The van der Waals surface area contributed by atoms with E-state index in [2.05, 4.69) is 11.9 Å². The van der Waals surface area contributed by atoms with Crippen LogP contribution in [-0.4, -0.2) is 23.0 Å². The van der Waals surface area contributed by atoms with Gasteiger partial charge in [-0.2, -0.15) is 0 Å². The Morgan fingerprint density at radius 1 is 1.13 bits per heavy atom. The number of hydrogen-bond acceptors (Lipinski definition) is 2. The molecular weight excluding hydrogens is 290 g/mol. The van der Waals surface area contributed by atoms with Crippen LogP contribution in [0.4, 0.5) is 0 Å². The summed E-state index contributed by atoms with van der Waals surface area (Å²) in [6.07, 6.45) is 7.24. The quantitative estimate of drug-likeness (QED) is 0.506. The van der Waals surface area contributed by atoms with Crippen LogP contribution in [0.3, 0.4) is 0 Å². The van der Waals surface area contributed by atoms with Crippen LogP contribution in [0.5, 0.6) is 0 Å². The van der Waals surface area contributed by atoms with Crippen LogP contribution in [0.25, 0.3) is 0 Å². The molecule has 1 aromatic rings. The fraction of sp³-hybridized carbons (Fsp3) is 0.474. The van der Waals surface area contributed by atoms with Crippen molar-refractivity contribution in [3.63, 3.8) is 0 Å². The minimum Gasteiger partial charge on any atom is -0.480 e. The number of carboxylic acids is 1. The number of aliphatic carboxylic acids is 1. The highest BCUT2D eigenvalue weighted by Crippen LogP contribution is 2.11. The number of hydrogen-bond donors (Lipinski definition) is 2. The van der Waals surface area contributed by atoms with Gasteiger partial charge >= 0.3 is 5.97 Å². The van der Waals surface area contributed by atoms with Crippen LogP contribution in [0.1, 0.15) is 60.0 Å². The second-order valence-corrected chi connectivity index (χ2v) is 6.02. The number of amides is 1. The zero-order valence-electron chi connectivity index (χ0n) is 14.1. The molecule has 126 valence electrons. The molecule has 4 heteroatoms. The summed E-state index contributed by atoms with van der Waals surface area (Å²) < 4.78 is 0. The Hall–Kier alpha value is -2.10. The van der Waals surface area contributed by atoms with Gasteiger partial charge in [-0.25, -0.2) is 4.79 Å². The van der Waals surface area contributed by atoms with Crippen molar-refractivity contribution >= 4 is 11.9 Å². The molecule has 0 fully saturated rings. The van der Waals surface area contributed by atoms with E-state index in [9.17, 15) is 14.7 Å². The second kappa shape index (κ2) is 9.82. The zero-order valence-corrected chi connectivity index (χ0v) is 14.1. The lowest BCUT2D eigenvalue weighted by Gasteiger charge is -2.15. The number of nitrogens with one attached hydrogen (secondary N) is 1. The highest BCUT2D eigenvalue weighted by atomic mass is 16.4. The van der Waals surface area contributed by atoms with Gasteiger partial charge in [0.05, 0.1) is 0 Å². The summed E-state index contributed by atoms with van der Waals surface area (Å²) in [5.74, 6) is -1.30. The summed E-state index contributed by atoms with van der Waals surface area (Å²) in [5.41, 5.74) is 2.49. The number of carboxylic acid groups (broad SMARTS) is 1. The molecule has 2 N–H and O–H groups in total. The Balaban J connectivity index is 2.53. The summed E-state index contributed by atoms with van der Waals surface area (Å²) in [4.78, 5) is 23.6. The van der Waals surface area contributed by atoms with Crippen LogP contribution in [0, 0.1) is 13.8 Å². The number of benzene rings is 1. The van der Waals surface area contributed by atoms with Crippen LogP contribution >= 0.6 is 0 Å². The van der Waals surface area contributed by atoms with Gasteiger partial charge in [-0.1, -0.05) is 42.5 Å². The van der Waals surface area contributed by atoms with Crippen molar-refractivity contribution in [2.75, 3.05) is 0 Å². The summed E-state index contributed by atoms with van der Waals surface area (Å²) >= 11 is 0. The van der Waals surface area contributed by atoms with Crippen molar-refractivity contribution in [3.8, 4) is 0 Å². The van der Waals surface area contributed by atoms with E-state index in [1.807, 2.05) is 26.0 Å². The van der Waals surface area contributed by atoms with Crippen molar-refractivity contribution in [1.82, 2.24) is 5.32 Å². The minimum atomic E-state index is -0.978. The number of aryl methyl sites for hydroxylation is 2. The molecule has 0 radical (unpaired) electrons. The standard InChI is InChI=1S/C19H27NO3/c1-4-5-6-7-8-9-10-17(19(22)23)20-18(21)16-12-14(2)11-15(3)13-16/h4,11-13,17H,1,5-10H2,2-3H3,(H,20,21)(H,22,23)/t17-/m1/s1. The lowest BCUT2D eigenvalue weighted by atomic mass is 10.0. The second-order valence-electron chi connectivity index (χ2n) is 6.02. The maximum atomic E-state index is 12.3. The van der Waals surface area contributed by atoms with E-state index in [0.717, 1.165) is 43.2 Å². The maximum absolute atomic E-state index is 12.3. The number of unbranched alkanes of at least 4 members (excludes halogenated alkanes) is 4. The maximum Gasteiger partial charge on any atom is 0.326 e. The van der Waals surface area contributed by atoms with Crippen molar-refractivity contribution in [2.24, 2.45) is 0 Å². The SMILES string of the molecule is C=CCCCCCC[C@@H](NC(=O)c1cc(C)cc(C)c1)C(=O)O. The van der Waals surface area contributed by atoms with E-state index in [-0.39, 0.29) is 5.91 Å². The predicted molar refractivity (Wildman–Crippen MR) is 92.7 cm³/mol. The van der Waals surface area contributed by atoms with E-state index >= 15 is 0 Å². The third kappa shape index (κ3) is 7.13. The molecule has 23 heavy (non-hydrogen) atoms. The molecule has 0 saturated heterocycles. The Morgan fingerprint density at radius 2 is 1.74 bits per heavy atom. The normalized spacial score (nSPS) is 11.7. The molecular formula is C19H27NO3. The average molecular weight is 317 g/mol. The van der Waals surface area contributed by atoms with E-state index in [1.165, 1.54) is 0 Å². The average Bonchev–Trinajstić information content (AvgIpc) is 2.48. The molecule has 0 spiro atoms. The third-order valence-electron chi connectivity index (χ3n) is 3.74. The molecule has 0 bridgehead atoms. The number of carbonyl (C=O) groups is 2. The molecule has 0 unspecified atom stereocenters. The van der Waals surface area contributed by atoms with Gasteiger partial charge in [-0.3, -0.25) is 4.79 Å². The first-order valence-electron chi connectivity index (χ1n) is 8.17. The molecule has 0 aliphatic heterocycles. The molecule has 0 aliphatic carbocycles. The van der Waals surface area contributed by atoms with Gasteiger partial charge in [0.1, 0.15) is 6.04 Å². The molecule has 1 aromatic carbocycles. The van der Waals surface area contributed by atoms with Crippen LogP contribution in [0.2, 0.25) is 0 Å². The summed E-state index contributed by atoms with van der Waals surface area (Å²) in [5, 5.41) is 11.9. The van der Waals surface area contributed by atoms with Gasteiger partial charge in [0, 0.05) is 5.56 Å². The zero-order chi connectivity index (χ0) is 17.2. The minimum absolute atomic E-state index is 0.323. The fourth-order valence-electron chi connectivity index (χ4n) is 2.60. The van der Waals surface area contributed by atoms with Gasteiger partial charge in [-0.15, -0.1) is 6.58 Å². The Bertz CT molecular complexity index is 531. The first-order valence-corrected chi connectivity index (χ1v) is 8.17. The Kier molecular flexibility index (Phi) is 8.09. The lowest BCUT2D eigenvalue weighted by Crippen LogP contribution is -2.40. The number of rotatable bonds is 10. The fourth-order valence-corrected chi connectivity index (χ4v) is 2.60. The van der Waals surface area contributed by atoms with E-state index in [4.69, 9.17) is 0 Å². The van der Waals surface area contributed by atoms with Crippen molar-refractivity contribution < 1.29 is 14.7 Å². The van der Waals surface area contributed by atoms with Gasteiger partial charge in [0.15, 0.2) is 0 Å². The summed E-state index contributed by atoms with van der Waals surface area (Å²) in [7, 11) is 0. The predicted octanol–water partition coefficient (Wildman–Crippen LogP) is 4.01. The van der Waals surface area contributed by atoms with E-state index in [0.29, 0.717) is 12.0 Å². The lowest BCUT2D eigenvalue weighted by molar-refractivity contribution is -0.139. The first-order chi connectivity index (χ1) is 10.9. The van der Waals surface area contributed by atoms with Gasteiger partial charge in [0.2, 0.25) is 0 Å². The number of carbonyl (C=O) groups excluding carboxylic acids is 1. The highest BCUT2D eigenvalue weighted by Gasteiger charge is 2.20. The van der Waals surface area contributed by atoms with Crippen molar-refractivity contribution in [1.29, 1.82) is 0 Å². The number of allylic oxidation sites excluding steroid dienone is 1. The van der Waals surface area contributed by atoms with Crippen LogP contribution in [-0.2, 0) is 4.79 Å². The molecule has 1 amide bonds. The van der Waals surface area contributed by atoms with Crippen molar-refractivity contribution in [3.05, 3.63) is 47.5 Å². The Labute approximate surface area is 138 Å². The Morgan fingerprint density at radius 3 is 2.30 bits per heavy atom. The van der Waals surface area contributed by atoms with Gasteiger partial charge < -0.3 is 10.4 Å². The topological polar surface area (TPSA) is 66.4 Å². The van der Waals surface area contributed by atoms with Crippen molar-refractivity contribution in [2.45, 2.75) is 58.4 Å².